The summed E-state index contributed by atoms with van der Waals surface area (Å²) in [7, 11) is 1.23. The van der Waals surface area contributed by atoms with E-state index >= 15 is 0 Å². The first-order valence-corrected chi connectivity index (χ1v) is 8.32. The van der Waals surface area contributed by atoms with E-state index in [2.05, 4.69) is 10.6 Å². The van der Waals surface area contributed by atoms with Gasteiger partial charge < -0.3 is 15.4 Å². The van der Waals surface area contributed by atoms with Crippen LogP contribution in [0.15, 0.2) is 48.2 Å². The molecule has 0 bridgehead atoms. The number of benzene rings is 2. The van der Waals surface area contributed by atoms with Gasteiger partial charge >= 0.3 is 6.18 Å². The second-order valence-electron chi connectivity index (χ2n) is 5.60. The summed E-state index contributed by atoms with van der Waals surface area (Å²) in [5, 5.41) is 24.3. The van der Waals surface area contributed by atoms with Gasteiger partial charge in [-0.1, -0.05) is 11.6 Å². The van der Waals surface area contributed by atoms with Gasteiger partial charge in [0.25, 0.3) is 11.6 Å². The second kappa shape index (κ2) is 9.15. The second-order valence-corrected chi connectivity index (χ2v) is 6.01. The van der Waals surface area contributed by atoms with E-state index in [1.54, 1.807) is 6.07 Å². The Morgan fingerprint density at radius 3 is 2.57 bits per heavy atom. The fourth-order valence-corrected chi connectivity index (χ4v) is 2.45. The molecule has 2 rings (SSSR count). The molecule has 12 heteroatoms. The van der Waals surface area contributed by atoms with E-state index in [9.17, 15) is 33.3 Å². The normalized spacial score (nSPS) is 11.4. The first kappa shape index (κ1) is 22.5. The molecule has 0 fully saturated rings. The Hall–Kier alpha value is -3.78. The number of carbonyl (C=O) groups is 1. The van der Waals surface area contributed by atoms with Crippen LogP contribution in [0.5, 0.6) is 5.75 Å². The van der Waals surface area contributed by atoms with Crippen molar-refractivity contribution in [1.82, 2.24) is 0 Å². The molecular weight excluding hydrogens is 429 g/mol. The van der Waals surface area contributed by atoms with Gasteiger partial charge in [0.05, 0.1) is 34.4 Å². The van der Waals surface area contributed by atoms with Crippen molar-refractivity contribution in [1.29, 1.82) is 5.26 Å². The number of hydrogen-bond donors (Lipinski definition) is 2. The molecule has 2 aromatic rings. The maximum Gasteiger partial charge on any atom is 0.417 e. The Labute approximate surface area is 172 Å². The number of alkyl halides is 3. The molecule has 30 heavy (non-hydrogen) atoms. The van der Waals surface area contributed by atoms with Crippen molar-refractivity contribution in [2.24, 2.45) is 0 Å². The maximum atomic E-state index is 12.9. The first-order chi connectivity index (χ1) is 14.1. The molecule has 0 radical (unpaired) electrons. The molecule has 0 saturated carbocycles. The highest BCUT2D eigenvalue weighted by molar-refractivity contribution is 6.31. The molecule has 0 aliphatic heterocycles. The van der Waals surface area contributed by atoms with E-state index in [1.807, 2.05) is 0 Å². The van der Waals surface area contributed by atoms with Crippen LogP contribution in [-0.4, -0.2) is 17.9 Å². The van der Waals surface area contributed by atoms with Crippen LogP contribution in [0.3, 0.4) is 0 Å². The number of nitrogens with one attached hydrogen (secondary N) is 2. The average Bonchev–Trinajstić information content (AvgIpc) is 2.68. The number of halogens is 4. The summed E-state index contributed by atoms with van der Waals surface area (Å²) in [5.41, 5.74) is -1.83. The van der Waals surface area contributed by atoms with E-state index in [0.717, 1.165) is 30.5 Å². The molecule has 0 aromatic heterocycles. The van der Waals surface area contributed by atoms with Gasteiger partial charge in [0.2, 0.25) is 0 Å². The Morgan fingerprint density at radius 1 is 1.30 bits per heavy atom. The Bertz CT molecular complexity index is 1060. The van der Waals surface area contributed by atoms with Crippen molar-refractivity contribution in [3.63, 3.8) is 0 Å². The van der Waals surface area contributed by atoms with E-state index in [-0.39, 0.29) is 22.8 Å². The summed E-state index contributed by atoms with van der Waals surface area (Å²) >= 11 is 5.54. The highest BCUT2D eigenvalue weighted by atomic mass is 35.5. The third-order valence-electron chi connectivity index (χ3n) is 3.66. The maximum absolute atomic E-state index is 12.9. The van der Waals surface area contributed by atoms with Crippen molar-refractivity contribution in [3.8, 4) is 11.8 Å². The number of rotatable bonds is 6. The highest BCUT2D eigenvalue weighted by Gasteiger charge is 2.33. The lowest BCUT2D eigenvalue weighted by molar-refractivity contribution is -0.384. The number of ether oxygens (including phenoxy) is 1. The lowest BCUT2D eigenvalue weighted by Gasteiger charge is -2.11. The van der Waals surface area contributed by atoms with Gasteiger partial charge in [-0.15, -0.1) is 0 Å². The molecule has 156 valence electrons. The molecule has 0 atom stereocenters. The van der Waals surface area contributed by atoms with Crippen LogP contribution in [0.1, 0.15) is 5.56 Å². The Balaban J connectivity index is 2.22. The fraction of sp³-hybridized carbons (Fsp3) is 0.111. The summed E-state index contributed by atoms with van der Waals surface area (Å²) in [4.78, 5) is 22.5. The highest BCUT2D eigenvalue weighted by Crippen LogP contribution is 2.36. The third kappa shape index (κ3) is 5.39. The predicted molar refractivity (Wildman–Crippen MR) is 102 cm³/mol. The summed E-state index contributed by atoms with van der Waals surface area (Å²) < 4.78 is 43.7. The van der Waals surface area contributed by atoms with E-state index in [4.69, 9.17) is 16.3 Å². The number of methoxy groups -OCH3 is 1. The molecule has 0 saturated heterocycles. The largest absolute Gasteiger partial charge is 0.494 e. The number of non-ortho nitro benzene ring substituents is 1. The van der Waals surface area contributed by atoms with Crippen LogP contribution in [0.25, 0.3) is 0 Å². The van der Waals surface area contributed by atoms with Crippen molar-refractivity contribution in [2.75, 3.05) is 17.7 Å². The molecule has 0 heterocycles. The minimum Gasteiger partial charge on any atom is -0.494 e. The van der Waals surface area contributed by atoms with E-state index in [0.29, 0.717) is 0 Å². The standard InChI is InChI=1S/C18H12ClF3N4O4/c1-30-16-7-12(26(28)29)3-5-15(16)25-17(27)10(8-23)9-24-11-2-4-14(19)13(6-11)18(20,21)22/h2-7,9,24H,1H3,(H,25,27)/b10-9-. The molecular formula is C18H12ClF3N4O4. The monoisotopic (exact) mass is 440 g/mol. The van der Waals surface area contributed by atoms with Gasteiger partial charge in [-0.2, -0.15) is 18.4 Å². The summed E-state index contributed by atoms with van der Waals surface area (Å²) in [6.07, 6.45) is -3.77. The van der Waals surface area contributed by atoms with Crippen LogP contribution in [0.2, 0.25) is 5.02 Å². The Morgan fingerprint density at radius 2 is 2.00 bits per heavy atom. The molecule has 8 nitrogen and oxygen atoms in total. The quantitative estimate of drug-likeness (QED) is 0.290. The van der Waals surface area contributed by atoms with Gasteiger partial charge in [0.15, 0.2) is 0 Å². The van der Waals surface area contributed by atoms with Crippen LogP contribution in [0, 0.1) is 21.4 Å². The smallest absolute Gasteiger partial charge is 0.417 e. The zero-order valence-electron chi connectivity index (χ0n) is 15.1. The summed E-state index contributed by atoms with van der Waals surface area (Å²) in [6.45, 7) is 0. The van der Waals surface area contributed by atoms with Crippen molar-refractivity contribution in [2.45, 2.75) is 6.18 Å². The topological polar surface area (TPSA) is 117 Å². The fourth-order valence-electron chi connectivity index (χ4n) is 2.22. The minimum absolute atomic E-state index is 0.0182. The number of nitriles is 1. The minimum atomic E-state index is -4.68. The van der Waals surface area contributed by atoms with Crippen LogP contribution >= 0.6 is 11.6 Å². The Kier molecular flexibility index (Phi) is 6.86. The zero-order valence-corrected chi connectivity index (χ0v) is 15.8. The van der Waals surface area contributed by atoms with Crippen molar-refractivity contribution >= 4 is 34.6 Å². The van der Waals surface area contributed by atoms with E-state index in [1.165, 1.54) is 19.2 Å². The predicted octanol–water partition coefficient (Wildman–Crippen LogP) is 4.73. The number of anilines is 2. The van der Waals surface area contributed by atoms with Crippen LogP contribution in [-0.2, 0) is 11.0 Å². The lowest BCUT2D eigenvalue weighted by Crippen LogP contribution is -2.15. The molecule has 0 spiro atoms. The lowest BCUT2D eigenvalue weighted by atomic mass is 10.2. The molecule has 2 aromatic carbocycles. The number of amides is 1. The number of nitro benzene ring substituents is 1. The summed E-state index contributed by atoms with van der Waals surface area (Å²) in [6, 6.07) is 8.01. The van der Waals surface area contributed by atoms with E-state index < -0.39 is 33.2 Å². The number of hydrogen-bond acceptors (Lipinski definition) is 6. The third-order valence-corrected chi connectivity index (χ3v) is 3.99. The van der Waals surface area contributed by atoms with Crippen molar-refractivity contribution < 1.29 is 27.6 Å². The van der Waals surface area contributed by atoms with Crippen LogP contribution < -0.4 is 15.4 Å². The van der Waals surface area contributed by atoms with Crippen LogP contribution in [0.4, 0.5) is 30.2 Å². The summed E-state index contributed by atoms with van der Waals surface area (Å²) in [5.74, 6) is -0.933. The average molecular weight is 441 g/mol. The van der Waals surface area contributed by atoms with Gasteiger partial charge in [-0.05, 0) is 24.3 Å². The first-order valence-electron chi connectivity index (χ1n) is 7.94. The van der Waals surface area contributed by atoms with Gasteiger partial charge in [-0.3, -0.25) is 14.9 Å². The zero-order chi connectivity index (χ0) is 22.5. The molecule has 1 amide bonds. The number of carbonyl (C=O) groups excluding carboxylic acids is 1. The van der Waals surface area contributed by atoms with Gasteiger partial charge in [0, 0.05) is 18.0 Å². The van der Waals surface area contributed by atoms with Gasteiger partial charge in [0.1, 0.15) is 17.4 Å². The molecule has 0 unspecified atom stereocenters. The number of nitrogens with zero attached hydrogens (tertiary/aromatic N) is 2. The van der Waals surface area contributed by atoms with Crippen molar-refractivity contribution in [3.05, 3.63) is 68.9 Å². The molecule has 0 aliphatic carbocycles. The molecule has 0 aliphatic rings. The SMILES string of the molecule is COc1cc([N+](=O)[O-])ccc1NC(=O)/C(C#N)=C\Nc1ccc(Cl)c(C(F)(F)F)c1. The van der Waals surface area contributed by atoms with Gasteiger partial charge in [-0.25, -0.2) is 0 Å². The number of nitro groups is 1. The molecule has 2 N–H and O–H groups in total.